The summed E-state index contributed by atoms with van der Waals surface area (Å²) in [5, 5.41) is 6.81. The summed E-state index contributed by atoms with van der Waals surface area (Å²) in [6.07, 6.45) is 0. The first-order valence-corrected chi connectivity index (χ1v) is 17.7. The van der Waals surface area contributed by atoms with Gasteiger partial charge in [0.05, 0.1) is 0 Å². The van der Waals surface area contributed by atoms with Crippen molar-refractivity contribution >= 4 is 75.4 Å². The number of furan rings is 2. The molecule has 0 radical (unpaired) electrons. The van der Waals surface area contributed by atoms with E-state index in [1.807, 2.05) is 60.7 Å². The van der Waals surface area contributed by atoms with Crippen molar-refractivity contribution < 1.29 is 8.83 Å². The molecule has 4 aromatic heterocycles. The van der Waals surface area contributed by atoms with Crippen molar-refractivity contribution in [3.05, 3.63) is 152 Å². The molecule has 11 aromatic rings. The lowest BCUT2D eigenvalue weighted by atomic mass is 10.00. The first kappa shape index (κ1) is 28.2. The van der Waals surface area contributed by atoms with Crippen molar-refractivity contribution in [1.29, 1.82) is 0 Å². The van der Waals surface area contributed by atoms with E-state index in [1.54, 1.807) is 11.3 Å². The fourth-order valence-electron chi connectivity index (χ4n) is 7.27. The molecule has 0 fully saturated rings. The Morgan fingerprint density at radius 3 is 1.84 bits per heavy atom. The standard InChI is InChI=1S/C45H25N3O2S/c1-2-9-26(10-3-1)43-46-44(48-45(47-43)29-18-21-34-33-12-5-7-16-40(33)51-41(34)25-29)28-17-20-32-36-23-27(19-22-38(36)49-39(32)24-28)30-13-8-14-35-31-11-4-6-15-37(31)50-42(30)35/h1-25H. The SMILES string of the molecule is c1ccc(-c2nc(-c3ccc4c(c3)oc3ccc(-c5cccc6c5oc5ccccc56)cc34)nc(-c3ccc4c(c3)sc3ccccc34)n2)cc1. The van der Waals surface area contributed by atoms with E-state index in [2.05, 4.69) is 91.0 Å². The minimum Gasteiger partial charge on any atom is -0.456 e. The minimum absolute atomic E-state index is 0.592. The molecule has 0 atom stereocenters. The predicted molar refractivity (Wildman–Crippen MR) is 209 cm³/mol. The molecule has 0 aliphatic carbocycles. The third-order valence-corrected chi connectivity index (χ3v) is 10.9. The summed E-state index contributed by atoms with van der Waals surface area (Å²) in [5.41, 5.74) is 8.24. The number of para-hydroxylation sites is 2. The van der Waals surface area contributed by atoms with Gasteiger partial charge in [-0.25, -0.2) is 15.0 Å². The van der Waals surface area contributed by atoms with E-state index in [0.717, 1.165) is 71.7 Å². The summed E-state index contributed by atoms with van der Waals surface area (Å²) in [6.45, 7) is 0. The topological polar surface area (TPSA) is 65.0 Å². The summed E-state index contributed by atoms with van der Waals surface area (Å²) >= 11 is 1.79. The van der Waals surface area contributed by atoms with E-state index in [4.69, 9.17) is 23.8 Å². The van der Waals surface area contributed by atoms with Gasteiger partial charge in [0.2, 0.25) is 0 Å². The van der Waals surface area contributed by atoms with Crippen LogP contribution in [0.25, 0.3) is 109 Å². The number of thiophene rings is 1. The Bertz CT molecular complexity index is 3160. The zero-order valence-corrected chi connectivity index (χ0v) is 27.8. The lowest BCUT2D eigenvalue weighted by Crippen LogP contribution is -2.00. The fraction of sp³-hybridized carbons (Fsp3) is 0. The van der Waals surface area contributed by atoms with Gasteiger partial charge in [-0.1, -0.05) is 109 Å². The van der Waals surface area contributed by atoms with Crippen LogP contribution in [-0.4, -0.2) is 15.0 Å². The Morgan fingerprint density at radius 2 is 0.980 bits per heavy atom. The first-order valence-electron chi connectivity index (χ1n) is 16.8. The van der Waals surface area contributed by atoms with E-state index in [9.17, 15) is 0 Å². The highest BCUT2D eigenvalue weighted by Crippen LogP contribution is 2.40. The summed E-state index contributed by atoms with van der Waals surface area (Å²) < 4.78 is 15.3. The van der Waals surface area contributed by atoms with Crippen LogP contribution in [0.2, 0.25) is 0 Å². The lowest BCUT2D eigenvalue weighted by molar-refractivity contribution is 0.668. The van der Waals surface area contributed by atoms with Crippen molar-refractivity contribution in [2.24, 2.45) is 0 Å². The van der Waals surface area contributed by atoms with Crippen LogP contribution in [0.4, 0.5) is 0 Å². The van der Waals surface area contributed by atoms with Crippen LogP contribution in [0.3, 0.4) is 0 Å². The molecule has 0 spiro atoms. The van der Waals surface area contributed by atoms with E-state index < -0.39 is 0 Å². The molecule has 7 aromatic carbocycles. The van der Waals surface area contributed by atoms with Crippen molar-refractivity contribution in [3.63, 3.8) is 0 Å². The normalized spacial score (nSPS) is 11.9. The van der Waals surface area contributed by atoms with E-state index in [1.165, 1.54) is 20.2 Å². The van der Waals surface area contributed by atoms with Gasteiger partial charge in [0, 0.05) is 64.0 Å². The molecule has 0 amide bonds. The van der Waals surface area contributed by atoms with Gasteiger partial charge < -0.3 is 8.83 Å². The van der Waals surface area contributed by atoms with E-state index in [-0.39, 0.29) is 0 Å². The summed E-state index contributed by atoms with van der Waals surface area (Å²) in [7, 11) is 0. The van der Waals surface area contributed by atoms with Gasteiger partial charge in [-0.2, -0.15) is 0 Å². The molecule has 0 bridgehead atoms. The Balaban J connectivity index is 1.04. The number of rotatable bonds is 4. The van der Waals surface area contributed by atoms with E-state index >= 15 is 0 Å². The predicted octanol–water partition coefficient (Wildman–Crippen LogP) is 12.7. The number of aromatic nitrogens is 3. The van der Waals surface area contributed by atoms with Gasteiger partial charge in [-0.15, -0.1) is 11.3 Å². The molecule has 6 heteroatoms. The molecule has 0 saturated heterocycles. The maximum Gasteiger partial charge on any atom is 0.164 e. The largest absolute Gasteiger partial charge is 0.456 e. The van der Waals surface area contributed by atoms with E-state index in [0.29, 0.717) is 17.5 Å². The summed E-state index contributed by atoms with van der Waals surface area (Å²) in [4.78, 5) is 15.0. The monoisotopic (exact) mass is 671 g/mol. The third kappa shape index (κ3) is 4.50. The molecule has 4 heterocycles. The van der Waals surface area contributed by atoms with Gasteiger partial charge >= 0.3 is 0 Å². The molecule has 0 unspecified atom stereocenters. The van der Waals surface area contributed by atoms with Crippen molar-refractivity contribution in [1.82, 2.24) is 15.0 Å². The molecule has 51 heavy (non-hydrogen) atoms. The Hall–Kier alpha value is -6.63. The van der Waals surface area contributed by atoms with Crippen LogP contribution in [0.15, 0.2) is 160 Å². The van der Waals surface area contributed by atoms with Gasteiger partial charge in [-0.05, 0) is 48.0 Å². The maximum atomic E-state index is 6.45. The lowest BCUT2D eigenvalue weighted by Gasteiger charge is -2.08. The van der Waals surface area contributed by atoms with Crippen LogP contribution >= 0.6 is 11.3 Å². The van der Waals surface area contributed by atoms with Crippen molar-refractivity contribution in [3.8, 4) is 45.3 Å². The zero-order valence-electron chi connectivity index (χ0n) is 27.0. The highest BCUT2D eigenvalue weighted by molar-refractivity contribution is 7.25. The molecular formula is C45H25N3O2S. The molecule has 0 aliphatic heterocycles. The third-order valence-electron chi connectivity index (χ3n) is 9.75. The van der Waals surface area contributed by atoms with Crippen molar-refractivity contribution in [2.75, 3.05) is 0 Å². The number of benzene rings is 7. The van der Waals surface area contributed by atoms with Gasteiger partial charge in [0.1, 0.15) is 22.3 Å². The average Bonchev–Trinajstić information content (AvgIpc) is 3.88. The fourth-order valence-corrected chi connectivity index (χ4v) is 8.42. The molecule has 0 N–H and O–H groups in total. The molecule has 238 valence electrons. The second-order valence-corrected chi connectivity index (χ2v) is 13.9. The van der Waals surface area contributed by atoms with Crippen LogP contribution in [0.1, 0.15) is 0 Å². The summed E-state index contributed by atoms with van der Waals surface area (Å²) in [6, 6.07) is 52.2. The van der Waals surface area contributed by atoms with Crippen LogP contribution in [0.5, 0.6) is 0 Å². The molecule has 0 aliphatic rings. The number of nitrogens with zero attached hydrogens (tertiary/aromatic N) is 3. The second kappa shape index (κ2) is 10.9. The second-order valence-electron chi connectivity index (χ2n) is 12.8. The smallest absolute Gasteiger partial charge is 0.164 e. The first-order chi connectivity index (χ1) is 25.2. The number of hydrogen-bond acceptors (Lipinski definition) is 6. The van der Waals surface area contributed by atoms with Crippen LogP contribution < -0.4 is 0 Å². The Kier molecular flexibility index (Phi) is 6.05. The van der Waals surface area contributed by atoms with Crippen LogP contribution in [-0.2, 0) is 0 Å². The molecule has 0 saturated carbocycles. The Labute approximate surface area is 295 Å². The zero-order chi connectivity index (χ0) is 33.5. The number of hydrogen-bond donors (Lipinski definition) is 0. The van der Waals surface area contributed by atoms with Gasteiger partial charge in [0.15, 0.2) is 17.5 Å². The Morgan fingerprint density at radius 1 is 0.353 bits per heavy atom. The summed E-state index contributed by atoms with van der Waals surface area (Å²) in [5.74, 6) is 1.85. The van der Waals surface area contributed by atoms with Gasteiger partial charge in [-0.3, -0.25) is 0 Å². The maximum absolute atomic E-state index is 6.45. The molecular weight excluding hydrogens is 647 g/mol. The minimum atomic E-state index is 0.592. The van der Waals surface area contributed by atoms with Crippen molar-refractivity contribution in [2.45, 2.75) is 0 Å². The average molecular weight is 672 g/mol. The van der Waals surface area contributed by atoms with Gasteiger partial charge in [0.25, 0.3) is 0 Å². The molecule has 11 rings (SSSR count). The quantitative estimate of drug-likeness (QED) is 0.186. The highest BCUT2D eigenvalue weighted by Gasteiger charge is 2.17. The highest BCUT2D eigenvalue weighted by atomic mass is 32.1. The number of fused-ring (bicyclic) bond motifs is 9. The molecule has 5 nitrogen and oxygen atoms in total. The van der Waals surface area contributed by atoms with Crippen LogP contribution in [0, 0.1) is 0 Å².